The average molecular weight is 755 g/mol. The summed E-state index contributed by atoms with van der Waals surface area (Å²) in [6.07, 6.45) is 0. The number of benzene rings is 10. The first-order valence-electron chi connectivity index (χ1n) is 21.0. The summed E-state index contributed by atoms with van der Waals surface area (Å²) < 4.78 is 0. The molecule has 0 bridgehead atoms. The van der Waals surface area contributed by atoms with E-state index in [2.05, 4.69) is 211 Å². The number of fused-ring (bicyclic) bond motifs is 7. The van der Waals surface area contributed by atoms with Crippen LogP contribution in [0.1, 0.15) is 47.2 Å². The van der Waals surface area contributed by atoms with E-state index in [1.54, 1.807) is 0 Å². The van der Waals surface area contributed by atoms with E-state index >= 15 is 0 Å². The largest absolute Gasteiger partial charge is 0.0622 e. The summed E-state index contributed by atoms with van der Waals surface area (Å²) >= 11 is 0. The molecule has 0 radical (unpaired) electrons. The van der Waals surface area contributed by atoms with Gasteiger partial charge in [-0.3, -0.25) is 0 Å². The number of hydrogen-bond donors (Lipinski definition) is 0. The Hall–Kier alpha value is -6.76. The fourth-order valence-corrected chi connectivity index (χ4v) is 10.4. The molecule has 0 atom stereocenters. The topological polar surface area (TPSA) is 0 Å². The summed E-state index contributed by atoms with van der Waals surface area (Å²) in [5.41, 5.74) is 20.6. The quantitative estimate of drug-likeness (QED) is 0.157. The molecule has 0 unspecified atom stereocenters. The van der Waals surface area contributed by atoms with Crippen molar-refractivity contribution in [3.8, 4) is 55.6 Å². The standard InChI is InChI=1S/C59H46/c1-35-19-25-47-49(29-35)55(39-13-9-7-10-14-39)45-23-17-37(3)31-51(45)57(47)41-21-27-43-44-28-22-42(34-54(44)59(5,6)53(43)33-41)58-48-26-20-36(2)30-50(48)56(40-15-11-8-12-16-40)46-24-18-38(4)32-52(46)58/h7-34H,1-6H3. The van der Waals surface area contributed by atoms with E-state index in [0.29, 0.717) is 0 Å². The van der Waals surface area contributed by atoms with Crippen molar-refractivity contribution in [2.75, 3.05) is 0 Å². The molecule has 0 saturated heterocycles. The zero-order valence-corrected chi connectivity index (χ0v) is 34.7. The molecule has 0 N–H and O–H groups in total. The molecule has 0 spiro atoms. The van der Waals surface area contributed by atoms with E-state index < -0.39 is 0 Å². The van der Waals surface area contributed by atoms with E-state index in [0.717, 1.165) is 0 Å². The summed E-state index contributed by atoms with van der Waals surface area (Å²) in [5.74, 6) is 0. The minimum Gasteiger partial charge on any atom is -0.0622 e. The molecule has 1 aliphatic carbocycles. The summed E-state index contributed by atoms with van der Waals surface area (Å²) in [5, 5.41) is 10.4. The number of rotatable bonds is 4. The van der Waals surface area contributed by atoms with Gasteiger partial charge in [-0.15, -0.1) is 0 Å². The van der Waals surface area contributed by atoms with Crippen molar-refractivity contribution in [3.05, 3.63) is 203 Å². The van der Waals surface area contributed by atoms with Crippen molar-refractivity contribution in [3.63, 3.8) is 0 Å². The highest BCUT2D eigenvalue weighted by molar-refractivity contribution is 6.23. The van der Waals surface area contributed by atoms with Gasteiger partial charge in [0, 0.05) is 5.41 Å². The lowest BCUT2D eigenvalue weighted by molar-refractivity contribution is 0.661. The molecule has 0 heterocycles. The molecule has 0 fully saturated rings. The van der Waals surface area contributed by atoms with Crippen LogP contribution in [-0.4, -0.2) is 0 Å². The summed E-state index contributed by atoms with van der Waals surface area (Å²) in [6, 6.07) is 64.5. The van der Waals surface area contributed by atoms with E-state index in [1.807, 2.05) is 0 Å². The second kappa shape index (κ2) is 13.1. The zero-order chi connectivity index (χ0) is 40.2. The Bertz CT molecular complexity index is 3140. The van der Waals surface area contributed by atoms with Gasteiger partial charge >= 0.3 is 0 Å². The SMILES string of the molecule is Cc1ccc2c(-c3ccc4c(c3)C(C)(C)c3cc(-c5c6ccc(C)cc6c(-c6ccccc6)c6ccc(C)cc56)ccc3-4)c3cc(C)ccc3c(-c3ccccc3)c2c1. The summed E-state index contributed by atoms with van der Waals surface area (Å²) in [6.45, 7) is 13.7. The Morgan fingerprint density at radius 2 is 0.576 bits per heavy atom. The van der Waals surface area contributed by atoms with E-state index in [4.69, 9.17) is 0 Å². The van der Waals surface area contributed by atoms with Crippen molar-refractivity contribution in [1.82, 2.24) is 0 Å². The van der Waals surface area contributed by atoms with Gasteiger partial charge in [0.15, 0.2) is 0 Å². The van der Waals surface area contributed by atoms with E-state index in [1.165, 1.54) is 132 Å². The fourth-order valence-electron chi connectivity index (χ4n) is 10.4. The molecule has 11 rings (SSSR count). The molecule has 1 aliphatic rings. The fraction of sp³-hybridized carbons (Fsp3) is 0.119. The van der Waals surface area contributed by atoms with Crippen molar-refractivity contribution in [1.29, 1.82) is 0 Å². The van der Waals surface area contributed by atoms with Gasteiger partial charge in [-0.2, -0.15) is 0 Å². The Balaban J connectivity index is 1.12. The van der Waals surface area contributed by atoms with Crippen LogP contribution < -0.4 is 0 Å². The average Bonchev–Trinajstić information content (AvgIpc) is 3.47. The van der Waals surface area contributed by atoms with Gasteiger partial charge in [-0.1, -0.05) is 194 Å². The Morgan fingerprint density at radius 1 is 0.271 bits per heavy atom. The molecule has 0 saturated carbocycles. The second-order valence-corrected chi connectivity index (χ2v) is 17.6. The van der Waals surface area contributed by atoms with Gasteiger partial charge in [0.05, 0.1) is 0 Å². The Kier molecular flexibility index (Phi) is 7.88. The van der Waals surface area contributed by atoms with Crippen LogP contribution in [0.2, 0.25) is 0 Å². The molecule has 59 heavy (non-hydrogen) atoms. The third-order valence-electron chi connectivity index (χ3n) is 13.2. The van der Waals surface area contributed by atoms with Gasteiger partial charge in [0.2, 0.25) is 0 Å². The third-order valence-corrected chi connectivity index (χ3v) is 13.2. The zero-order valence-electron chi connectivity index (χ0n) is 34.7. The molecular formula is C59H46. The molecule has 10 aromatic rings. The van der Waals surface area contributed by atoms with Crippen molar-refractivity contribution in [2.45, 2.75) is 47.0 Å². The lowest BCUT2D eigenvalue weighted by Gasteiger charge is -2.24. The highest BCUT2D eigenvalue weighted by Crippen LogP contribution is 2.53. The predicted octanol–water partition coefficient (Wildman–Crippen LogP) is 16.5. The Morgan fingerprint density at radius 3 is 0.898 bits per heavy atom. The number of aryl methyl sites for hydroxylation is 4. The molecule has 0 aliphatic heterocycles. The maximum Gasteiger partial charge on any atom is 0.0159 e. The molecule has 10 aromatic carbocycles. The van der Waals surface area contributed by atoms with Gasteiger partial charge in [0.25, 0.3) is 0 Å². The monoisotopic (exact) mass is 754 g/mol. The van der Waals surface area contributed by atoms with Crippen LogP contribution in [0.25, 0.3) is 98.7 Å². The maximum atomic E-state index is 2.51. The lowest BCUT2D eigenvalue weighted by atomic mass is 9.79. The molecule has 0 heteroatoms. The number of hydrogen-bond acceptors (Lipinski definition) is 0. The van der Waals surface area contributed by atoms with Gasteiger partial charge in [-0.25, -0.2) is 0 Å². The van der Waals surface area contributed by atoms with E-state index in [-0.39, 0.29) is 5.41 Å². The minimum absolute atomic E-state index is 0.207. The maximum absolute atomic E-state index is 2.51. The highest BCUT2D eigenvalue weighted by atomic mass is 14.4. The smallest absolute Gasteiger partial charge is 0.0159 e. The normalized spacial score (nSPS) is 13.1. The van der Waals surface area contributed by atoms with Crippen LogP contribution >= 0.6 is 0 Å². The van der Waals surface area contributed by atoms with Crippen LogP contribution in [0.5, 0.6) is 0 Å². The minimum atomic E-state index is -0.207. The van der Waals surface area contributed by atoms with Gasteiger partial charge in [0.1, 0.15) is 0 Å². The Labute approximate surface area is 347 Å². The van der Waals surface area contributed by atoms with Crippen molar-refractivity contribution < 1.29 is 0 Å². The van der Waals surface area contributed by atoms with Crippen LogP contribution in [0.4, 0.5) is 0 Å². The highest BCUT2D eigenvalue weighted by Gasteiger charge is 2.36. The van der Waals surface area contributed by atoms with Crippen molar-refractivity contribution in [2.24, 2.45) is 0 Å². The third kappa shape index (κ3) is 5.43. The van der Waals surface area contributed by atoms with Crippen LogP contribution in [0.3, 0.4) is 0 Å². The molecule has 282 valence electrons. The van der Waals surface area contributed by atoms with Crippen LogP contribution in [0.15, 0.2) is 170 Å². The van der Waals surface area contributed by atoms with Crippen LogP contribution in [0, 0.1) is 27.7 Å². The molecule has 0 amide bonds. The summed E-state index contributed by atoms with van der Waals surface area (Å²) in [4.78, 5) is 0. The van der Waals surface area contributed by atoms with Crippen molar-refractivity contribution >= 4 is 43.1 Å². The van der Waals surface area contributed by atoms with Crippen LogP contribution in [-0.2, 0) is 5.41 Å². The van der Waals surface area contributed by atoms with Gasteiger partial charge in [-0.05, 0) is 150 Å². The second-order valence-electron chi connectivity index (χ2n) is 17.6. The lowest BCUT2D eigenvalue weighted by Crippen LogP contribution is -2.15. The predicted molar refractivity (Wildman–Crippen MR) is 255 cm³/mol. The first kappa shape index (κ1) is 35.4. The first-order valence-corrected chi connectivity index (χ1v) is 21.0. The molecule has 0 nitrogen and oxygen atoms in total. The molecule has 0 aromatic heterocycles. The van der Waals surface area contributed by atoms with E-state index in [9.17, 15) is 0 Å². The van der Waals surface area contributed by atoms with Gasteiger partial charge < -0.3 is 0 Å². The summed E-state index contributed by atoms with van der Waals surface area (Å²) in [7, 11) is 0. The molecular weight excluding hydrogens is 709 g/mol. The first-order chi connectivity index (χ1) is 28.7.